The highest BCUT2D eigenvalue weighted by Crippen LogP contribution is 2.15. The molecule has 0 spiro atoms. The molecule has 0 radical (unpaired) electrons. The zero-order valence-corrected chi connectivity index (χ0v) is 9.24. The zero-order chi connectivity index (χ0) is 11.1. The molecule has 0 unspecified atom stereocenters. The zero-order valence-electron chi connectivity index (χ0n) is 9.24. The Morgan fingerprint density at radius 1 is 1.40 bits per heavy atom. The minimum atomic E-state index is 0.696. The molecule has 0 atom stereocenters. The van der Waals surface area contributed by atoms with Gasteiger partial charge < -0.3 is 0 Å². The van der Waals surface area contributed by atoms with Gasteiger partial charge in [0.05, 0.1) is 6.54 Å². The van der Waals surface area contributed by atoms with Gasteiger partial charge in [-0.15, -0.1) is 6.42 Å². The molecule has 15 heavy (non-hydrogen) atoms. The number of hydrogen-bond donors (Lipinski definition) is 0. The van der Waals surface area contributed by atoms with Crippen LogP contribution in [-0.4, -0.2) is 25.0 Å². The third-order valence-corrected chi connectivity index (χ3v) is 2.34. The monoisotopic (exact) mass is 199 g/mol. The van der Waals surface area contributed by atoms with E-state index in [-0.39, 0.29) is 0 Å². The largest absolute Gasteiger partial charge is 0.295 e. The number of hydrogen-bond acceptors (Lipinski definition) is 1. The van der Waals surface area contributed by atoms with Gasteiger partial charge in [-0.2, -0.15) is 0 Å². The smallest absolute Gasteiger partial charge is 0.0596 e. The van der Waals surface area contributed by atoms with Gasteiger partial charge in [0.1, 0.15) is 0 Å². The summed E-state index contributed by atoms with van der Waals surface area (Å²) in [6, 6.07) is 10.3. The second kappa shape index (κ2) is 6.06. The molecule has 1 rings (SSSR count). The van der Waals surface area contributed by atoms with Crippen LogP contribution in [0.5, 0.6) is 0 Å². The summed E-state index contributed by atoms with van der Waals surface area (Å²) in [5.41, 5.74) is 2.38. The van der Waals surface area contributed by atoms with Crippen molar-refractivity contribution in [2.45, 2.75) is 6.42 Å². The summed E-state index contributed by atoms with van der Waals surface area (Å²) >= 11 is 0. The number of nitrogens with zero attached hydrogens (tertiary/aromatic N) is 1. The first-order valence-corrected chi connectivity index (χ1v) is 5.09. The summed E-state index contributed by atoms with van der Waals surface area (Å²) in [6.07, 6.45) is 6.19. The van der Waals surface area contributed by atoms with Crippen LogP contribution in [0.15, 0.2) is 36.9 Å². The highest BCUT2D eigenvalue weighted by Gasteiger charge is 2.00. The van der Waals surface area contributed by atoms with Gasteiger partial charge in [0.25, 0.3) is 0 Å². The van der Waals surface area contributed by atoms with Crippen LogP contribution in [0.3, 0.4) is 0 Å². The second-order valence-electron chi connectivity index (χ2n) is 3.66. The molecule has 0 N–H and O–H groups in total. The lowest BCUT2D eigenvalue weighted by Gasteiger charge is -2.14. The topological polar surface area (TPSA) is 3.24 Å². The van der Waals surface area contributed by atoms with Crippen molar-refractivity contribution in [1.29, 1.82) is 0 Å². The van der Waals surface area contributed by atoms with E-state index in [0.29, 0.717) is 6.54 Å². The molecule has 0 aromatic heterocycles. The predicted molar refractivity (Wildman–Crippen MR) is 66.4 cm³/mol. The van der Waals surface area contributed by atoms with Crippen LogP contribution in [0.25, 0.3) is 5.57 Å². The van der Waals surface area contributed by atoms with Gasteiger partial charge in [-0.3, -0.25) is 4.90 Å². The molecule has 1 aromatic rings. The molecule has 1 heteroatoms. The van der Waals surface area contributed by atoms with E-state index in [4.69, 9.17) is 6.42 Å². The normalized spacial score (nSPS) is 9.93. The maximum Gasteiger partial charge on any atom is 0.0596 e. The minimum absolute atomic E-state index is 0.696. The molecule has 78 valence electrons. The van der Waals surface area contributed by atoms with E-state index in [9.17, 15) is 0 Å². The lowest BCUT2D eigenvalue weighted by Crippen LogP contribution is -2.19. The molecule has 0 fully saturated rings. The Morgan fingerprint density at radius 3 is 2.67 bits per heavy atom. The van der Waals surface area contributed by atoms with Gasteiger partial charge in [0.2, 0.25) is 0 Å². The molecule has 0 amide bonds. The van der Waals surface area contributed by atoms with Gasteiger partial charge in [-0.25, -0.2) is 0 Å². The lowest BCUT2D eigenvalue weighted by atomic mass is 10.0. The van der Waals surface area contributed by atoms with Crippen LogP contribution in [0.2, 0.25) is 0 Å². The van der Waals surface area contributed by atoms with Crippen LogP contribution in [0.4, 0.5) is 0 Å². The summed E-state index contributed by atoms with van der Waals surface area (Å²) < 4.78 is 0. The highest BCUT2D eigenvalue weighted by atomic mass is 15.1. The Labute approximate surface area is 92.4 Å². The highest BCUT2D eigenvalue weighted by molar-refractivity contribution is 5.63. The summed E-state index contributed by atoms with van der Waals surface area (Å²) in [4.78, 5) is 2.12. The average molecular weight is 199 g/mol. The molecule has 0 aliphatic carbocycles. The van der Waals surface area contributed by atoms with Crippen molar-refractivity contribution in [3.63, 3.8) is 0 Å². The van der Waals surface area contributed by atoms with Crippen LogP contribution in [0, 0.1) is 12.3 Å². The quantitative estimate of drug-likeness (QED) is 0.659. The van der Waals surface area contributed by atoms with Crippen molar-refractivity contribution in [3.05, 3.63) is 42.5 Å². The summed E-state index contributed by atoms with van der Waals surface area (Å²) in [6.45, 7) is 5.73. The fourth-order valence-electron chi connectivity index (χ4n) is 1.38. The van der Waals surface area contributed by atoms with Crippen molar-refractivity contribution < 1.29 is 0 Å². The summed E-state index contributed by atoms with van der Waals surface area (Å²) in [5.74, 6) is 2.63. The van der Waals surface area contributed by atoms with Gasteiger partial charge in [0, 0.05) is 6.54 Å². The molecule has 1 nitrogen and oxygen atoms in total. The van der Waals surface area contributed by atoms with Crippen molar-refractivity contribution in [3.8, 4) is 12.3 Å². The minimum Gasteiger partial charge on any atom is -0.295 e. The summed E-state index contributed by atoms with van der Waals surface area (Å²) in [5, 5.41) is 0. The fraction of sp³-hybridized carbons (Fsp3) is 0.286. The van der Waals surface area contributed by atoms with E-state index < -0.39 is 0 Å². The molecule has 0 saturated heterocycles. The van der Waals surface area contributed by atoms with E-state index in [2.05, 4.69) is 29.5 Å². The van der Waals surface area contributed by atoms with E-state index in [1.165, 1.54) is 11.1 Å². The van der Waals surface area contributed by atoms with E-state index in [1.807, 2.05) is 25.2 Å². The standard InChI is InChI=1S/C14H17N/c1-4-11-15(3)12-10-13(2)14-8-6-5-7-9-14/h1,5-9H,2,10-12H2,3H3. The van der Waals surface area contributed by atoms with Crippen molar-refractivity contribution in [2.75, 3.05) is 20.1 Å². The third kappa shape index (κ3) is 4.01. The Morgan fingerprint density at radius 2 is 2.07 bits per heavy atom. The fourth-order valence-corrected chi connectivity index (χ4v) is 1.38. The molecule has 0 aliphatic rings. The van der Waals surface area contributed by atoms with E-state index in [1.54, 1.807) is 0 Å². The van der Waals surface area contributed by atoms with Crippen molar-refractivity contribution >= 4 is 5.57 Å². The van der Waals surface area contributed by atoms with Gasteiger partial charge in [0.15, 0.2) is 0 Å². The van der Waals surface area contributed by atoms with Crippen LogP contribution >= 0.6 is 0 Å². The molecule has 1 aromatic carbocycles. The van der Waals surface area contributed by atoms with Crippen LogP contribution in [0.1, 0.15) is 12.0 Å². The molecule has 0 aliphatic heterocycles. The first-order valence-electron chi connectivity index (χ1n) is 5.09. The summed E-state index contributed by atoms with van der Waals surface area (Å²) in [7, 11) is 2.03. The second-order valence-corrected chi connectivity index (χ2v) is 3.66. The Bertz CT molecular complexity index is 345. The molecular weight excluding hydrogens is 182 g/mol. The van der Waals surface area contributed by atoms with E-state index >= 15 is 0 Å². The molecule has 0 heterocycles. The predicted octanol–water partition coefficient (Wildman–Crippen LogP) is 2.65. The van der Waals surface area contributed by atoms with Crippen LogP contribution in [-0.2, 0) is 0 Å². The number of terminal acetylenes is 1. The maximum absolute atomic E-state index is 5.23. The third-order valence-electron chi connectivity index (χ3n) is 2.34. The molecular formula is C14H17N. The first kappa shape index (κ1) is 11.6. The van der Waals surface area contributed by atoms with Gasteiger partial charge in [-0.1, -0.05) is 42.8 Å². The van der Waals surface area contributed by atoms with Crippen molar-refractivity contribution in [1.82, 2.24) is 4.90 Å². The Hall–Kier alpha value is -1.52. The first-order chi connectivity index (χ1) is 7.24. The van der Waals surface area contributed by atoms with Gasteiger partial charge in [-0.05, 0) is 24.6 Å². The molecule has 0 bridgehead atoms. The maximum atomic E-state index is 5.23. The lowest BCUT2D eigenvalue weighted by molar-refractivity contribution is 0.386. The Kier molecular flexibility index (Phi) is 4.66. The number of benzene rings is 1. The average Bonchev–Trinajstić information content (AvgIpc) is 2.27. The van der Waals surface area contributed by atoms with Crippen LogP contribution < -0.4 is 0 Å². The molecule has 0 saturated carbocycles. The number of rotatable bonds is 5. The van der Waals surface area contributed by atoms with Crippen molar-refractivity contribution in [2.24, 2.45) is 0 Å². The SMILES string of the molecule is C#CCN(C)CCC(=C)c1ccccc1. The van der Waals surface area contributed by atoms with E-state index in [0.717, 1.165) is 13.0 Å². The van der Waals surface area contributed by atoms with Gasteiger partial charge >= 0.3 is 0 Å². The Balaban J connectivity index is 2.41.